The van der Waals surface area contributed by atoms with Crippen molar-refractivity contribution in [2.75, 3.05) is 6.61 Å². The van der Waals surface area contributed by atoms with Gasteiger partial charge in [0, 0.05) is 5.92 Å². The Morgan fingerprint density at radius 1 is 0.932 bits per heavy atom. The maximum absolute atomic E-state index is 14.3. The van der Waals surface area contributed by atoms with E-state index in [0.29, 0.717) is 12.3 Å². The fourth-order valence-corrected chi connectivity index (χ4v) is 11.1. The van der Waals surface area contributed by atoms with E-state index in [9.17, 15) is 24.3 Å². The number of rotatable bonds is 6. The van der Waals surface area contributed by atoms with Gasteiger partial charge in [-0.25, -0.2) is 9.59 Å². The Hall–Kier alpha value is -2.68. The molecular formula is C35H48O9. The second kappa shape index (κ2) is 10.7. The van der Waals surface area contributed by atoms with E-state index in [4.69, 9.17) is 18.3 Å². The van der Waals surface area contributed by atoms with E-state index >= 15 is 0 Å². The predicted molar refractivity (Wildman–Crippen MR) is 159 cm³/mol. The molecule has 1 aromatic rings. The van der Waals surface area contributed by atoms with Crippen molar-refractivity contribution in [1.82, 2.24) is 0 Å². The van der Waals surface area contributed by atoms with Crippen LogP contribution in [0.2, 0.25) is 0 Å². The lowest BCUT2D eigenvalue weighted by molar-refractivity contribution is -0.199. The monoisotopic (exact) mass is 612 g/mol. The van der Waals surface area contributed by atoms with Gasteiger partial charge in [-0.05, 0) is 110 Å². The first-order valence-corrected chi connectivity index (χ1v) is 16.4. The van der Waals surface area contributed by atoms with E-state index in [-0.39, 0.29) is 82.0 Å². The number of carbonyl (C=O) groups excluding carboxylic acids is 2. The number of carboxylic acid groups (broad SMARTS) is 1. The molecule has 9 nitrogen and oxygen atoms in total. The minimum Gasteiger partial charge on any atom is -0.481 e. The molecule has 0 aliphatic heterocycles. The number of carbonyl (C=O) groups is 3. The Balaban J connectivity index is 1.19. The van der Waals surface area contributed by atoms with Gasteiger partial charge in [0.15, 0.2) is 23.9 Å². The molecule has 9 heteroatoms. The van der Waals surface area contributed by atoms with Crippen molar-refractivity contribution in [3.63, 3.8) is 0 Å². The molecule has 6 rings (SSSR count). The number of ketones is 1. The largest absolute Gasteiger partial charge is 0.519 e. The minimum absolute atomic E-state index is 0.0719. The topological polar surface area (TPSA) is 133 Å². The molecule has 5 aliphatic carbocycles. The number of carboxylic acids is 1. The molecule has 44 heavy (non-hydrogen) atoms. The van der Waals surface area contributed by atoms with Crippen LogP contribution < -0.4 is 5.82 Å². The number of fused-ring (bicyclic) bond motifs is 7. The van der Waals surface area contributed by atoms with Gasteiger partial charge in [0.1, 0.15) is 6.61 Å². The number of ether oxygens (including phenoxy) is 2. The third-order valence-corrected chi connectivity index (χ3v) is 13.3. The van der Waals surface area contributed by atoms with Gasteiger partial charge < -0.3 is 23.4 Å². The summed E-state index contributed by atoms with van der Waals surface area (Å²) in [5.41, 5.74) is 0.689. The molecule has 4 saturated carbocycles. The van der Waals surface area contributed by atoms with Gasteiger partial charge in [-0.1, -0.05) is 40.2 Å². The molecule has 9 unspecified atom stereocenters. The average Bonchev–Trinajstić information content (AvgIpc) is 3.26. The molecule has 0 aromatic carbocycles. The van der Waals surface area contributed by atoms with Gasteiger partial charge in [-0.2, -0.15) is 0 Å². The summed E-state index contributed by atoms with van der Waals surface area (Å²) in [6.07, 6.45) is 9.77. The standard InChI is InChI=1S/C35H48O9/c1-19-25(44-31(40)43-19)17-42-28(37)18-41-27-10-14-35(6)26(32(27,2)3)9-13-34(5)22-8-12-33(4)11-7-20(30(38)39)15-23(33)21(22)16-24(36)29(34)35/h16,20,22-23,26-27,29H,7-15,17-18H2,1-6H3,(H,38,39). The Morgan fingerprint density at radius 2 is 1.64 bits per heavy atom. The zero-order chi connectivity index (χ0) is 31.8. The second-order valence-electron chi connectivity index (χ2n) is 15.9. The smallest absolute Gasteiger partial charge is 0.481 e. The first-order chi connectivity index (χ1) is 20.6. The van der Waals surface area contributed by atoms with E-state index in [1.807, 2.05) is 6.08 Å². The summed E-state index contributed by atoms with van der Waals surface area (Å²) < 4.78 is 21.2. The molecule has 4 fully saturated rings. The molecule has 5 aliphatic rings. The van der Waals surface area contributed by atoms with Crippen molar-refractivity contribution >= 4 is 17.7 Å². The van der Waals surface area contributed by atoms with Crippen molar-refractivity contribution in [1.29, 1.82) is 0 Å². The van der Waals surface area contributed by atoms with Gasteiger partial charge in [0.25, 0.3) is 0 Å². The lowest BCUT2D eigenvalue weighted by Crippen LogP contribution is -2.64. The van der Waals surface area contributed by atoms with Crippen LogP contribution in [0.1, 0.15) is 104 Å². The molecule has 242 valence electrons. The van der Waals surface area contributed by atoms with E-state index in [0.717, 1.165) is 51.4 Å². The van der Waals surface area contributed by atoms with Crippen LogP contribution in [0.15, 0.2) is 25.3 Å². The average molecular weight is 613 g/mol. The van der Waals surface area contributed by atoms with Crippen molar-refractivity contribution in [3.8, 4) is 0 Å². The van der Waals surface area contributed by atoms with Crippen molar-refractivity contribution in [3.05, 3.63) is 33.8 Å². The molecule has 0 spiro atoms. The summed E-state index contributed by atoms with van der Waals surface area (Å²) in [4.78, 5) is 50.1. The van der Waals surface area contributed by atoms with Crippen LogP contribution in [0.3, 0.4) is 0 Å². The van der Waals surface area contributed by atoms with Gasteiger partial charge in [-0.15, -0.1) is 0 Å². The van der Waals surface area contributed by atoms with Crippen LogP contribution in [0.4, 0.5) is 0 Å². The van der Waals surface area contributed by atoms with Crippen molar-refractivity contribution < 1.29 is 37.8 Å². The van der Waals surface area contributed by atoms with Crippen LogP contribution in [0.25, 0.3) is 0 Å². The predicted octanol–water partition coefficient (Wildman–Crippen LogP) is 6.25. The highest BCUT2D eigenvalue weighted by Gasteiger charge is 2.66. The zero-order valence-electron chi connectivity index (χ0n) is 27.0. The highest BCUT2D eigenvalue weighted by Crippen LogP contribution is 2.71. The number of aryl methyl sites for hydroxylation is 1. The van der Waals surface area contributed by atoms with Gasteiger partial charge in [0.05, 0.1) is 12.0 Å². The lowest BCUT2D eigenvalue weighted by Gasteiger charge is -2.67. The third kappa shape index (κ3) is 4.83. The number of hydrogen-bond donors (Lipinski definition) is 1. The quantitative estimate of drug-likeness (QED) is 0.370. The molecule has 1 heterocycles. The van der Waals surface area contributed by atoms with E-state index in [1.54, 1.807) is 6.92 Å². The summed E-state index contributed by atoms with van der Waals surface area (Å²) in [6, 6.07) is 0. The fraction of sp³-hybridized carbons (Fsp3) is 0.771. The summed E-state index contributed by atoms with van der Waals surface area (Å²) in [5.74, 6) is -1.08. The molecular weight excluding hydrogens is 564 g/mol. The van der Waals surface area contributed by atoms with Gasteiger partial charge >= 0.3 is 17.8 Å². The molecule has 0 amide bonds. The number of hydrogen-bond acceptors (Lipinski definition) is 8. The van der Waals surface area contributed by atoms with Crippen LogP contribution in [-0.4, -0.2) is 35.5 Å². The van der Waals surface area contributed by atoms with E-state index in [2.05, 4.69) is 34.6 Å². The third-order valence-electron chi connectivity index (χ3n) is 13.3. The first-order valence-electron chi connectivity index (χ1n) is 16.4. The molecule has 0 radical (unpaired) electrons. The van der Waals surface area contributed by atoms with E-state index < -0.39 is 17.8 Å². The summed E-state index contributed by atoms with van der Waals surface area (Å²) in [6.45, 7) is 12.6. The first kappa shape index (κ1) is 31.3. The van der Waals surface area contributed by atoms with Crippen LogP contribution in [0, 0.1) is 58.2 Å². The zero-order valence-corrected chi connectivity index (χ0v) is 27.0. The SMILES string of the molecule is Cc1oc(=O)oc1COC(=O)COC1CCC2(C)C(CCC3(C)C4CCC5(C)CCC(C(=O)O)CC5C4=CC(=O)C32)C1(C)C. The van der Waals surface area contributed by atoms with Crippen LogP contribution >= 0.6 is 0 Å². The summed E-state index contributed by atoms with van der Waals surface area (Å²) in [7, 11) is 0. The molecule has 0 saturated heterocycles. The Kier molecular flexibility index (Phi) is 7.62. The van der Waals surface area contributed by atoms with Gasteiger partial charge in [-0.3, -0.25) is 9.59 Å². The maximum atomic E-state index is 14.3. The number of allylic oxidation sites excluding steroid dienone is 2. The Morgan fingerprint density at radius 3 is 2.32 bits per heavy atom. The Bertz CT molecular complexity index is 1430. The molecule has 9 atom stereocenters. The fourth-order valence-electron chi connectivity index (χ4n) is 11.1. The minimum atomic E-state index is -0.827. The Labute approximate surface area is 259 Å². The summed E-state index contributed by atoms with van der Waals surface area (Å²) >= 11 is 0. The second-order valence-corrected chi connectivity index (χ2v) is 15.9. The van der Waals surface area contributed by atoms with Crippen LogP contribution in [0.5, 0.6) is 0 Å². The molecule has 1 aromatic heterocycles. The normalized spacial score (nSPS) is 41.0. The number of esters is 1. The molecule has 1 N–H and O–H groups in total. The highest BCUT2D eigenvalue weighted by atomic mass is 16.6. The van der Waals surface area contributed by atoms with E-state index in [1.165, 1.54) is 5.57 Å². The summed E-state index contributed by atoms with van der Waals surface area (Å²) in [5, 5.41) is 9.85. The maximum Gasteiger partial charge on any atom is 0.519 e. The van der Waals surface area contributed by atoms with Gasteiger partial charge in [0.2, 0.25) is 0 Å². The lowest BCUT2D eigenvalue weighted by atomic mass is 9.37. The van der Waals surface area contributed by atoms with Crippen molar-refractivity contribution in [2.24, 2.45) is 51.2 Å². The van der Waals surface area contributed by atoms with Crippen molar-refractivity contribution in [2.45, 2.75) is 112 Å². The molecule has 0 bridgehead atoms. The highest BCUT2D eigenvalue weighted by molar-refractivity contribution is 5.95. The van der Waals surface area contributed by atoms with Crippen LogP contribution in [-0.2, 0) is 30.5 Å². The number of aliphatic carboxylic acids is 1.